The lowest BCUT2D eigenvalue weighted by Crippen LogP contribution is -2.40. The fourth-order valence-corrected chi connectivity index (χ4v) is 2.74. The number of aliphatic carboxylic acids is 1. The Balaban J connectivity index is 2.34. The van der Waals surface area contributed by atoms with Crippen molar-refractivity contribution in [1.29, 1.82) is 0 Å². The lowest BCUT2D eigenvalue weighted by molar-refractivity contribution is -0.141. The molecule has 0 radical (unpaired) electrons. The van der Waals surface area contributed by atoms with Crippen LogP contribution in [0.25, 0.3) is 0 Å². The minimum absolute atomic E-state index is 0.0561. The van der Waals surface area contributed by atoms with E-state index >= 15 is 0 Å². The molecule has 8 nitrogen and oxygen atoms in total. The van der Waals surface area contributed by atoms with Crippen LogP contribution in [0.1, 0.15) is 20.3 Å². The molecule has 0 spiro atoms. The summed E-state index contributed by atoms with van der Waals surface area (Å²) < 4.78 is 30.6. The highest BCUT2D eigenvalue weighted by molar-refractivity contribution is 7.89. The average Bonchev–Trinajstić information content (AvgIpc) is 2.85. The van der Waals surface area contributed by atoms with Gasteiger partial charge in [0.05, 0.1) is 30.9 Å². The fourth-order valence-electron chi connectivity index (χ4n) is 1.94. The van der Waals surface area contributed by atoms with Crippen LogP contribution in [0, 0.1) is 5.92 Å². The Morgan fingerprint density at radius 3 is 2.62 bits per heavy atom. The summed E-state index contributed by atoms with van der Waals surface area (Å²) >= 11 is 0. The summed E-state index contributed by atoms with van der Waals surface area (Å²) in [6, 6.07) is 0. The number of nitrogens with zero attached hydrogens (tertiary/aromatic N) is 1. The Hall–Kier alpha value is -1.19. The van der Waals surface area contributed by atoms with Crippen molar-refractivity contribution in [1.82, 2.24) is 9.62 Å². The molecule has 1 aliphatic heterocycles. The molecule has 0 aromatic heterocycles. The third-order valence-corrected chi connectivity index (χ3v) is 4.43. The van der Waals surface area contributed by atoms with Gasteiger partial charge in [-0.15, -0.1) is 0 Å². The van der Waals surface area contributed by atoms with Gasteiger partial charge in [0, 0.05) is 13.1 Å². The van der Waals surface area contributed by atoms with Crippen LogP contribution in [0.5, 0.6) is 0 Å². The highest BCUT2D eigenvalue weighted by atomic mass is 32.2. The van der Waals surface area contributed by atoms with Gasteiger partial charge in [0.1, 0.15) is 0 Å². The Morgan fingerprint density at radius 1 is 1.43 bits per heavy atom. The van der Waals surface area contributed by atoms with Crippen LogP contribution < -0.4 is 4.72 Å². The predicted octanol–water partition coefficient (Wildman–Crippen LogP) is -0.736. The maximum Gasteiger partial charge on any atom is 0.308 e. The Morgan fingerprint density at radius 2 is 2.10 bits per heavy atom. The topological polar surface area (TPSA) is 113 Å². The third kappa shape index (κ3) is 6.40. The van der Waals surface area contributed by atoms with E-state index in [-0.39, 0.29) is 31.6 Å². The second kappa shape index (κ2) is 7.71. The smallest absolute Gasteiger partial charge is 0.308 e. The molecular weight excluding hydrogens is 300 g/mol. The van der Waals surface area contributed by atoms with E-state index in [1.165, 1.54) is 4.90 Å². The van der Waals surface area contributed by atoms with Crippen LogP contribution in [-0.4, -0.2) is 68.4 Å². The SMILES string of the molecule is CC(C)OCCS(=O)(=O)NCC(=O)N1CCC(C(=O)O)C1. The van der Waals surface area contributed by atoms with Crippen molar-refractivity contribution in [2.45, 2.75) is 26.4 Å². The number of ether oxygens (including phenoxy) is 1. The minimum Gasteiger partial charge on any atom is -0.481 e. The number of carboxylic acids is 1. The molecule has 122 valence electrons. The zero-order chi connectivity index (χ0) is 16.0. The second-order valence-electron chi connectivity index (χ2n) is 5.22. The van der Waals surface area contributed by atoms with Crippen molar-refractivity contribution in [2.24, 2.45) is 5.92 Å². The number of amides is 1. The molecule has 2 N–H and O–H groups in total. The number of sulfonamides is 1. The number of carbonyl (C=O) groups excluding carboxylic acids is 1. The van der Waals surface area contributed by atoms with Gasteiger partial charge in [-0.1, -0.05) is 0 Å². The van der Waals surface area contributed by atoms with E-state index in [0.29, 0.717) is 13.0 Å². The minimum atomic E-state index is -3.57. The lowest BCUT2D eigenvalue weighted by atomic mass is 10.1. The Bertz CT molecular complexity index is 476. The molecule has 1 saturated heterocycles. The van der Waals surface area contributed by atoms with Gasteiger partial charge in [-0.2, -0.15) is 0 Å². The van der Waals surface area contributed by atoms with Gasteiger partial charge >= 0.3 is 5.97 Å². The first-order chi connectivity index (χ1) is 9.71. The molecule has 1 rings (SSSR count). The first kappa shape index (κ1) is 17.9. The molecule has 1 amide bonds. The molecule has 1 unspecified atom stereocenters. The van der Waals surface area contributed by atoms with Crippen molar-refractivity contribution < 1.29 is 27.9 Å². The van der Waals surface area contributed by atoms with Crippen LogP contribution >= 0.6 is 0 Å². The largest absolute Gasteiger partial charge is 0.481 e. The summed E-state index contributed by atoms with van der Waals surface area (Å²) in [6.07, 6.45) is 0.343. The molecule has 21 heavy (non-hydrogen) atoms. The van der Waals surface area contributed by atoms with Crippen LogP contribution in [0.2, 0.25) is 0 Å². The predicted molar refractivity (Wildman–Crippen MR) is 75.2 cm³/mol. The molecule has 1 aliphatic rings. The molecule has 1 atom stereocenters. The van der Waals surface area contributed by atoms with E-state index < -0.39 is 27.8 Å². The van der Waals surface area contributed by atoms with E-state index in [2.05, 4.69) is 4.72 Å². The highest BCUT2D eigenvalue weighted by Gasteiger charge is 2.30. The van der Waals surface area contributed by atoms with Gasteiger partial charge < -0.3 is 14.7 Å². The summed E-state index contributed by atoms with van der Waals surface area (Å²) in [4.78, 5) is 24.0. The van der Waals surface area contributed by atoms with Gasteiger partial charge in [0.15, 0.2) is 0 Å². The van der Waals surface area contributed by atoms with Crippen LogP contribution in [0.4, 0.5) is 0 Å². The monoisotopic (exact) mass is 322 g/mol. The van der Waals surface area contributed by atoms with Crippen molar-refractivity contribution in [3.63, 3.8) is 0 Å². The quantitative estimate of drug-likeness (QED) is 0.609. The fraction of sp³-hybridized carbons (Fsp3) is 0.833. The van der Waals surface area contributed by atoms with Crippen LogP contribution in [0.3, 0.4) is 0 Å². The van der Waals surface area contributed by atoms with Crippen LogP contribution in [-0.2, 0) is 24.3 Å². The molecule has 9 heteroatoms. The summed E-state index contributed by atoms with van der Waals surface area (Å²) in [5, 5.41) is 8.85. The molecule has 0 bridgehead atoms. The maximum absolute atomic E-state index is 11.8. The van der Waals surface area contributed by atoms with Gasteiger partial charge in [-0.05, 0) is 20.3 Å². The van der Waals surface area contributed by atoms with E-state index in [4.69, 9.17) is 9.84 Å². The zero-order valence-corrected chi connectivity index (χ0v) is 13.1. The number of carboxylic acid groups (broad SMARTS) is 1. The number of likely N-dealkylation sites (tertiary alicyclic amines) is 1. The normalized spacial score (nSPS) is 19.2. The van der Waals surface area contributed by atoms with Gasteiger partial charge in [-0.3, -0.25) is 9.59 Å². The summed E-state index contributed by atoms with van der Waals surface area (Å²) in [5.41, 5.74) is 0. The number of hydrogen-bond donors (Lipinski definition) is 2. The van der Waals surface area contributed by atoms with Crippen molar-refractivity contribution in [2.75, 3.05) is 32.0 Å². The number of rotatable bonds is 8. The number of carbonyl (C=O) groups is 2. The molecule has 1 fully saturated rings. The van der Waals surface area contributed by atoms with Gasteiger partial charge in [-0.25, -0.2) is 13.1 Å². The summed E-state index contributed by atoms with van der Waals surface area (Å²) in [7, 11) is -3.57. The van der Waals surface area contributed by atoms with Crippen molar-refractivity contribution in [3.8, 4) is 0 Å². The summed E-state index contributed by atoms with van der Waals surface area (Å²) in [6.45, 7) is 3.79. The Labute approximate surface area is 124 Å². The van der Waals surface area contributed by atoms with Gasteiger partial charge in [0.25, 0.3) is 0 Å². The van der Waals surface area contributed by atoms with Gasteiger partial charge in [0.2, 0.25) is 15.9 Å². The van der Waals surface area contributed by atoms with Crippen molar-refractivity contribution >= 4 is 21.9 Å². The molecule has 0 aliphatic carbocycles. The van der Waals surface area contributed by atoms with E-state index in [1.807, 2.05) is 0 Å². The van der Waals surface area contributed by atoms with E-state index in [1.54, 1.807) is 13.8 Å². The first-order valence-electron chi connectivity index (χ1n) is 6.81. The molecule has 0 aromatic rings. The van der Waals surface area contributed by atoms with Crippen molar-refractivity contribution in [3.05, 3.63) is 0 Å². The average molecular weight is 322 g/mol. The first-order valence-corrected chi connectivity index (χ1v) is 8.46. The highest BCUT2D eigenvalue weighted by Crippen LogP contribution is 2.16. The summed E-state index contributed by atoms with van der Waals surface area (Å²) in [5.74, 6) is -2.12. The molecule has 1 heterocycles. The Kier molecular flexibility index (Phi) is 6.56. The number of nitrogens with one attached hydrogen (secondary N) is 1. The number of hydrogen-bond acceptors (Lipinski definition) is 5. The lowest BCUT2D eigenvalue weighted by Gasteiger charge is -2.16. The second-order valence-corrected chi connectivity index (χ2v) is 7.15. The molecule has 0 aromatic carbocycles. The molecular formula is C12H22N2O6S. The standard InChI is InChI=1S/C12H22N2O6S/c1-9(2)20-5-6-21(18,19)13-7-11(15)14-4-3-10(8-14)12(16)17/h9-10,13H,3-8H2,1-2H3,(H,16,17). The maximum atomic E-state index is 11.8. The zero-order valence-electron chi connectivity index (χ0n) is 12.2. The van der Waals surface area contributed by atoms with Crippen LogP contribution in [0.15, 0.2) is 0 Å². The van der Waals surface area contributed by atoms with E-state index in [9.17, 15) is 18.0 Å². The third-order valence-electron chi connectivity index (χ3n) is 3.14. The molecule has 0 saturated carbocycles. The van der Waals surface area contributed by atoms with E-state index in [0.717, 1.165) is 0 Å².